The van der Waals surface area contributed by atoms with Crippen molar-refractivity contribution in [1.29, 1.82) is 0 Å². The van der Waals surface area contributed by atoms with Crippen molar-refractivity contribution in [1.82, 2.24) is 10.1 Å². The van der Waals surface area contributed by atoms with Crippen molar-refractivity contribution >= 4 is 0 Å². The third-order valence-corrected chi connectivity index (χ3v) is 2.18. The van der Waals surface area contributed by atoms with E-state index in [0.717, 1.165) is 31.0 Å². The average molecular weight is 202 g/mol. The summed E-state index contributed by atoms with van der Waals surface area (Å²) in [6, 6.07) is 10.2. The van der Waals surface area contributed by atoms with Crippen LogP contribution in [-0.4, -0.2) is 10.1 Å². The molecule has 0 unspecified atom stereocenters. The van der Waals surface area contributed by atoms with Gasteiger partial charge in [-0.15, -0.1) is 0 Å². The van der Waals surface area contributed by atoms with Gasteiger partial charge in [-0.1, -0.05) is 42.4 Å². The highest BCUT2D eigenvalue weighted by atomic mass is 16.5. The van der Waals surface area contributed by atoms with Gasteiger partial charge in [-0.2, -0.15) is 4.98 Å². The minimum Gasteiger partial charge on any atom is -0.339 e. The molecule has 0 aliphatic carbocycles. The Kier molecular flexibility index (Phi) is 3.12. The van der Waals surface area contributed by atoms with Gasteiger partial charge in [0.25, 0.3) is 0 Å². The fraction of sp³-hybridized carbons (Fsp3) is 0.333. The molecule has 15 heavy (non-hydrogen) atoms. The summed E-state index contributed by atoms with van der Waals surface area (Å²) < 4.78 is 5.12. The molecule has 3 nitrogen and oxygen atoms in total. The Morgan fingerprint density at radius 2 is 2.00 bits per heavy atom. The molecule has 0 bridgehead atoms. The van der Waals surface area contributed by atoms with Crippen LogP contribution < -0.4 is 0 Å². The van der Waals surface area contributed by atoms with Gasteiger partial charge in [-0.25, -0.2) is 0 Å². The van der Waals surface area contributed by atoms with Gasteiger partial charge < -0.3 is 4.52 Å². The largest absolute Gasteiger partial charge is 0.339 e. The lowest BCUT2D eigenvalue weighted by molar-refractivity contribution is 0.373. The van der Waals surface area contributed by atoms with Gasteiger partial charge in [0.05, 0.1) is 0 Å². The lowest BCUT2D eigenvalue weighted by Gasteiger charge is -1.93. The van der Waals surface area contributed by atoms with Gasteiger partial charge in [0.2, 0.25) is 5.89 Å². The summed E-state index contributed by atoms with van der Waals surface area (Å²) in [6.45, 7) is 2.10. The van der Waals surface area contributed by atoms with E-state index in [0.29, 0.717) is 0 Å². The van der Waals surface area contributed by atoms with E-state index in [1.165, 1.54) is 5.56 Å². The maximum Gasteiger partial charge on any atom is 0.226 e. The number of hydrogen-bond donors (Lipinski definition) is 0. The first-order chi connectivity index (χ1) is 7.38. The molecule has 0 radical (unpaired) electrons. The lowest BCUT2D eigenvalue weighted by atomic mass is 10.1. The molecule has 0 N–H and O–H groups in total. The van der Waals surface area contributed by atoms with Crippen LogP contribution in [0.2, 0.25) is 0 Å². The fourth-order valence-corrected chi connectivity index (χ4v) is 1.46. The number of benzene rings is 1. The Morgan fingerprint density at radius 3 is 2.73 bits per heavy atom. The summed E-state index contributed by atoms with van der Waals surface area (Å²) in [5, 5.41) is 3.94. The van der Waals surface area contributed by atoms with Gasteiger partial charge >= 0.3 is 0 Å². The summed E-state index contributed by atoms with van der Waals surface area (Å²) in [5.41, 5.74) is 1.21. The molecule has 2 rings (SSSR count). The van der Waals surface area contributed by atoms with E-state index in [1.807, 2.05) is 18.2 Å². The maximum atomic E-state index is 5.12. The SMILES string of the molecule is CCCc1nc(Cc2ccccc2)no1. The summed E-state index contributed by atoms with van der Waals surface area (Å²) in [4.78, 5) is 4.32. The minimum absolute atomic E-state index is 0.739. The zero-order valence-electron chi connectivity index (χ0n) is 8.81. The molecular formula is C12H14N2O. The Labute approximate surface area is 89.1 Å². The molecule has 1 aromatic carbocycles. The Morgan fingerprint density at radius 1 is 1.20 bits per heavy atom. The number of hydrogen-bond acceptors (Lipinski definition) is 3. The van der Waals surface area contributed by atoms with Crippen molar-refractivity contribution in [3.05, 3.63) is 47.6 Å². The second kappa shape index (κ2) is 4.73. The predicted molar refractivity (Wildman–Crippen MR) is 57.5 cm³/mol. The number of aryl methyl sites for hydroxylation is 1. The molecule has 3 heteroatoms. The first-order valence-corrected chi connectivity index (χ1v) is 5.24. The Bertz CT molecular complexity index is 409. The van der Waals surface area contributed by atoms with E-state index in [9.17, 15) is 0 Å². The molecule has 0 amide bonds. The monoisotopic (exact) mass is 202 g/mol. The molecule has 0 saturated carbocycles. The molecular weight excluding hydrogens is 188 g/mol. The van der Waals surface area contributed by atoms with Crippen LogP contribution >= 0.6 is 0 Å². The first kappa shape index (κ1) is 9.90. The van der Waals surface area contributed by atoms with Crippen LogP contribution in [0.4, 0.5) is 0 Å². The zero-order chi connectivity index (χ0) is 10.5. The van der Waals surface area contributed by atoms with Crippen molar-refractivity contribution in [2.24, 2.45) is 0 Å². The molecule has 1 heterocycles. The lowest BCUT2D eigenvalue weighted by Crippen LogP contribution is -1.90. The smallest absolute Gasteiger partial charge is 0.226 e. The van der Waals surface area contributed by atoms with Crippen LogP contribution in [0.25, 0.3) is 0 Å². The van der Waals surface area contributed by atoms with Gasteiger partial charge in [-0.3, -0.25) is 0 Å². The maximum absolute atomic E-state index is 5.12. The van der Waals surface area contributed by atoms with Crippen LogP contribution in [0, 0.1) is 0 Å². The van der Waals surface area contributed by atoms with Gasteiger partial charge in [0, 0.05) is 12.8 Å². The average Bonchev–Trinajstić information content (AvgIpc) is 2.68. The normalized spacial score (nSPS) is 10.5. The number of aromatic nitrogens is 2. The van der Waals surface area contributed by atoms with Crippen LogP contribution in [0.15, 0.2) is 34.9 Å². The third kappa shape index (κ3) is 2.65. The Hall–Kier alpha value is -1.64. The van der Waals surface area contributed by atoms with Crippen molar-refractivity contribution in [3.63, 3.8) is 0 Å². The van der Waals surface area contributed by atoms with Gasteiger partial charge in [-0.05, 0) is 12.0 Å². The molecule has 2 aromatic rings. The van der Waals surface area contributed by atoms with Crippen molar-refractivity contribution < 1.29 is 4.52 Å². The topological polar surface area (TPSA) is 38.9 Å². The molecule has 0 spiro atoms. The zero-order valence-corrected chi connectivity index (χ0v) is 8.81. The quantitative estimate of drug-likeness (QED) is 0.765. The fourth-order valence-electron chi connectivity index (χ4n) is 1.46. The van der Waals surface area contributed by atoms with Crippen molar-refractivity contribution in [3.8, 4) is 0 Å². The highest BCUT2D eigenvalue weighted by Gasteiger charge is 2.05. The van der Waals surface area contributed by atoms with Gasteiger partial charge in [0.15, 0.2) is 5.82 Å². The third-order valence-electron chi connectivity index (χ3n) is 2.18. The summed E-state index contributed by atoms with van der Waals surface area (Å²) >= 11 is 0. The first-order valence-electron chi connectivity index (χ1n) is 5.24. The Balaban J connectivity index is 2.05. The van der Waals surface area contributed by atoms with E-state index in [2.05, 4.69) is 29.2 Å². The predicted octanol–water partition coefficient (Wildman–Crippen LogP) is 2.61. The highest BCUT2D eigenvalue weighted by Crippen LogP contribution is 2.07. The molecule has 0 aliphatic rings. The van der Waals surface area contributed by atoms with Gasteiger partial charge in [0.1, 0.15) is 0 Å². The summed E-state index contributed by atoms with van der Waals surface area (Å²) in [5.74, 6) is 1.51. The second-order valence-corrected chi connectivity index (χ2v) is 3.52. The second-order valence-electron chi connectivity index (χ2n) is 3.52. The van der Waals surface area contributed by atoms with Crippen molar-refractivity contribution in [2.45, 2.75) is 26.2 Å². The number of nitrogens with zero attached hydrogens (tertiary/aromatic N) is 2. The number of rotatable bonds is 4. The van der Waals surface area contributed by atoms with E-state index in [4.69, 9.17) is 4.52 Å². The van der Waals surface area contributed by atoms with Crippen LogP contribution in [0.3, 0.4) is 0 Å². The van der Waals surface area contributed by atoms with Crippen molar-refractivity contribution in [2.75, 3.05) is 0 Å². The molecule has 78 valence electrons. The minimum atomic E-state index is 0.739. The highest BCUT2D eigenvalue weighted by molar-refractivity contribution is 5.18. The molecule has 1 aromatic heterocycles. The molecule has 0 fully saturated rings. The standard InChI is InChI=1S/C12H14N2O/c1-2-6-12-13-11(14-15-12)9-10-7-4-3-5-8-10/h3-5,7-8H,2,6,9H2,1H3. The van der Waals surface area contributed by atoms with Crippen LogP contribution in [-0.2, 0) is 12.8 Å². The van der Waals surface area contributed by atoms with Crippen LogP contribution in [0.5, 0.6) is 0 Å². The molecule has 0 aliphatic heterocycles. The van der Waals surface area contributed by atoms with E-state index in [1.54, 1.807) is 0 Å². The summed E-state index contributed by atoms with van der Waals surface area (Å²) in [7, 11) is 0. The van der Waals surface area contributed by atoms with E-state index >= 15 is 0 Å². The van der Waals surface area contributed by atoms with E-state index < -0.39 is 0 Å². The summed E-state index contributed by atoms with van der Waals surface area (Å²) in [6.07, 6.45) is 2.64. The van der Waals surface area contributed by atoms with Crippen LogP contribution in [0.1, 0.15) is 30.6 Å². The molecule has 0 atom stereocenters. The molecule has 0 saturated heterocycles. The van der Waals surface area contributed by atoms with E-state index in [-0.39, 0.29) is 0 Å².